The van der Waals surface area contributed by atoms with E-state index in [-0.39, 0.29) is 0 Å². The quantitative estimate of drug-likeness (QED) is 0.422. The second-order valence-electron chi connectivity index (χ2n) is 2.36. The highest BCUT2D eigenvalue weighted by Crippen LogP contribution is 1.98. The van der Waals surface area contributed by atoms with Crippen LogP contribution in [0.2, 0.25) is 0 Å². The Labute approximate surface area is 60.7 Å². The fraction of sp³-hybridized carbons (Fsp3) is 0.375. The van der Waals surface area contributed by atoms with Crippen molar-refractivity contribution in [2.24, 2.45) is 0 Å². The predicted molar refractivity (Wildman–Crippen MR) is 39.5 cm³/mol. The molecule has 1 aromatic rings. The van der Waals surface area contributed by atoms with E-state index in [1.807, 2.05) is 19.1 Å². The van der Waals surface area contributed by atoms with Crippen LogP contribution in [0, 0.1) is 12.1 Å². The summed E-state index contributed by atoms with van der Waals surface area (Å²) in [5, 5.41) is 10.8. The van der Waals surface area contributed by atoms with Crippen LogP contribution in [0.25, 0.3) is 0 Å². The topological polar surface area (TPSA) is 26.9 Å². The third kappa shape index (κ3) is 1.26. The van der Waals surface area contributed by atoms with Crippen LogP contribution >= 0.6 is 0 Å². The Morgan fingerprint density at radius 2 is 2.30 bits per heavy atom. The third-order valence-corrected chi connectivity index (χ3v) is 1.57. The minimum atomic E-state index is 0.763. The van der Waals surface area contributed by atoms with E-state index in [1.54, 1.807) is 6.20 Å². The summed E-state index contributed by atoms with van der Waals surface area (Å²) in [6, 6.07) is 3.76. The zero-order valence-corrected chi connectivity index (χ0v) is 6.29. The van der Waals surface area contributed by atoms with Crippen LogP contribution in [0.5, 0.6) is 0 Å². The molecule has 0 amide bonds. The average molecular weight is 137 g/mol. The maximum atomic E-state index is 10.8. The molecular formula is C8H11NO. The van der Waals surface area contributed by atoms with E-state index in [2.05, 4.69) is 6.92 Å². The van der Waals surface area contributed by atoms with Gasteiger partial charge in [-0.15, -0.1) is 0 Å². The molecule has 0 unspecified atom stereocenters. The van der Waals surface area contributed by atoms with Crippen molar-refractivity contribution in [1.82, 2.24) is 0 Å². The summed E-state index contributed by atoms with van der Waals surface area (Å²) < 4.78 is 0.874. The molecule has 0 fully saturated rings. The SMILES string of the molecule is CCc1cc[n+]([O-])c(C)c1. The number of aryl methyl sites for hydroxylation is 2. The van der Waals surface area contributed by atoms with Gasteiger partial charge in [0.1, 0.15) is 0 Å². The van der Waals surface area contributed by atoms with E-state index in [4.69, 9.17) is 0 Å². The van der Waals surface area contributed by atoms with Gasteiger partial charge in [0.2, 0.25) is 0 Å². The molecule has 0 spiro atoms. The highest BCUT2D eigenvalue weighted by Gasteiger charge is 1.97. The first-order valence-electron chi connectivity index (χ1n) is 3.42. The van der Waals surface area contributed by atoms with Gasteiger partial charge in [-0.25, -0.2) is 0 Å². The first-order chi connectivity index (χ1) is 4.74. The molecule has 0 saturated heterocycles. The van der Waals surface area contributed by atoms with Crippen molar-refractivity contribution in [3.63, 3.8) is 0 Å². The van der Waals surface area contributed by atoms with E-state index in [1.165, 1.54) is 5.56 Å². The molecule has 0 bridgehead atoms. The van der Waals surface area contributed by atoms with Crippen LogP contribution in [-0.4, -0.2) is 0 Å². The van der Waals surface area contributed by atoms with Gasteiger partial charge < -0.3 is 5.21 Å². The lowest BCUT2D eigenvalue weighted by atomic mass is 10.2. The van der Waals surface area contributed by atoms with Gasteiger partial charge in [-0.1, -0.05) is 6.92 Å². The highest BCUT2D eigenvalue weighted by atomic mass is 16.5. The molecule has 2 nitrogen and oxygen atoms in total. The molecule has 1 heterocycles. The largest absolute Gasteiger partial charge is 0.619 e. The molecule has 0 radical (unpaired) electrons. The molecule has 0 atom stereocenters. The van der Waals surface area contributed by atoms with E-state index in [0.717, 1.165) is 16.8 Å². The van der Waals surface area contributed by atoms with Crippen molar-refractivity contribution in [3.8, 4) is 0 Å². The Morgan fingerprint density at radius 3 is 2.80 bits per heavy atom. The second kappa shape index (κ2) is 2.69. The number of pyridine rings is 1. The summed E-state index contributed by atoms with van der Waals surface area (Å²) in [6.07, 6.45) is 2.54. The minimum absolute atomic E-state index is 0.763. The zero-order valence-electron chi connectivity index (χ0n) is 6.29. The summed E-state index contributed by atoms with van der Waals surface area (Å²) >= 11 is 0. The summed E-state index contributed by atoms with van der Waals surface area (Å²) in [7, 11) is 0. The van der Waals surface area contributed by atoms with Gasteiger partial charge in [0, 0.05) is 19.1 Å². The lowest BCUT2D eigenvalue weighted by molar-refractivity contribution is -0.612. The smallest absolute Gasteiger partial charge is 0.189 e. The maximum absolute atomic E-state index is 10.8. The van der Waals surface area contributed by atoms with Crippen LogP contribution in [-0.2, 0) is 6.42 Å². The molecule has 10 heavy (non-hydrogen) atoms. The Hall–Kier alpha value is -1.05. The molecule has 0 aliphatic rings. The highest BCUT2D eigenvalue weighted by molar-refractivity contribution is 5.11. The van der Waals surface area contributed by atoms with Crippen LogP contribution in [0.15, 0.2) is 18.3 Å². The minimum Gasteiger partial charge on any atom is -0.619 e. The number of nitrogens with zero attached hydrogens (tertiary/aromatic N) is 1. The Morgan fingerprint density at radius 1 is 1.60 bits per heavy atom. The summed E-state index contributed by atoms with van der Waals surface area (Å²) in [4.78, 5) is 0. The lowest BCUT2D eigenvalue weighted by Gasteiger charge is -2.00. The van der Waals surface area contributed by atoms with Crippen LogP contribution in [0.3, 0.4) is 0 Å². The predicted octanol–water partition coefficient (Wildman–Crippen LogP) is 1.19. The van der Waals surface area contributed by atoms with Crippen LogP contribution in [0.4, 0.5) is 0 Å². The molecule has 1 rings (SSSR count). The van der Waals surface area contributed by atoms with Gasteiger partial charge in [0.05, 0.1) is 0 Å². The summed E-state index contributed by atoms with van der Waals surface area (Å²) in [5.74, 6) is 0. The molecule has 0 aliphatic carbocycles. The average Bonchev–Trinajstić information content (AvgIpc) is 1.95. The summed E-state index contributed by atoms with van der Waals surface area (Å²) in [6.45, 7) is 3.88. The third-order valence-electron chi connectivity index (χ3n) is 1.57. The van der Waals surface area contributed by atoms with Crippen LogP contribution in [0.1, 0.15) is 18.2 Å². The van der Waals surface area contributed by atoms with Crippen molar-refractivity contribution < 1.29 is 4.73 Å². The fourth-order valence-corrected chi connectivity index (χ4v) is 0.881. The van der Waals surface area contributed by atoms with E-state index < -0.39 is 0 Å². The Kier molecular flexibility index (Phi) is 1.90. The van der Waals surface area contributed by atoms with Gasteiger partial charge in [-0.05, 0) is 12.0 Å². The van der Waals surface area contributed by atoms with Crippen LogP contribution < -0.4 is 4.73 Å². The molecule has 0 aliphatic heterocycles. The maximum Gasteiger partial charge on any atom is 0.189 e. The normalized spacial score (nSPS) is 9.80. The lowest BCUT2D eigenvalue weighted by Crippen LogP contribution is -2.29. The molecule has 0 N–H and O–H groups in total. The number of rotatable bonds is 1. The van der Waals surface area contributed by atoms with Crippen molar-refractivity contribution >= 4 is 0 Å². The van der Waals surface area contributed by atoms with E-state index in [9.17, 15) is 5.21 Å². The Bertz CT molecular complexity index is 233. The summed E-state index contributed by atoms with van der Waals surface area (Å²) in [5.41, 5.74) is 1.98. The molecule has 2 heteroatoms. The van der Waals surface area contributed by atoms with Gasteiger partial charge >= 0.3 is 0 Å². The Balaban J connectivity index is 3.04. The molecule has 1 aromatic heterocycles. The second-order valence-corrected chi connectivity index (χ2v) is 2.36. The number of aromatic nitrogens is 1. The van der Waals surface area contributed by atoms with Gasteiger partial charge in [0.25, 0.3) is 0 Å². The first-order valence-corrected chi connectivity index (χ1v) is 3.42. The monoisotopic (exact) mass is 137 g/mol. The number of hydrogen-bond acceptors (Lipinski definition) is 1. The van der Waals surface area contributed by atoms with Gasteiger partial charge in [-0.3, -0.25) is 0 Å². The van der Waals surface area contributed by atoms with Gasteiger partial charge in [-0.2, -0.15) is 4.73 Å². The van der Waals surface area contributed by atoms with Crippen molar-refractivity contribution in [3.05, 3.63) is 34.8 Å². The molecular weight excluding hydrogens is 126 g/mol. The standard InChI is InChI=1S/C8H11NO/c1-3-8-4-5-9(10)7(2)6-8/h4-6H,3H2,1-2H3. The van der Waals surface area contributed by atoms with Gasteiger partial charge in [0.15, 0.2) is 11.9 Å². The molecule has 0 aromatic carbocycles. The molecule has 0 saturated carbocycles. The first kappa shape index (κ1) is 7.06. The fourth-order valence-electron chi connectivity index (χ4n) is 0.881. The van der Waals surface area contributed by atoms with E-state index in [0.29, 0.717) is 0 Å². The number of hydrogen-bond donors (Lipinski definition) is 0. The van der Waals surface area contributed by atoms with E-state index >= 15 is 0 Å². The van der Waals surface area contributed by atoms with Crippen molar-refractivity contribution in [2.45, 2.75) is 20.3 Å². The van der Waals surface area contributed by atoms with Crippen molar-refractivity contribution in [2.75, 3.05) is 0 Å². The molecule has 54 valence electrons. The zero-order chi connectivity index (χ0) is 7.56. The van der Waals surface area contributed by atoms with Crippen molar-refractivity contribution in [1.29, 1.82) is 0 Å².